The Hall–Kier alpha value is -4.13. The van der Waals surface area contributed by atoms with Crippen LogP contribution in [0.3, 0.4) is 0 Å². The van der Waals surface area contributed by atoms with Gasteiger partial charge in [0.2, 0.25) is 23.6 Å². The zero-order valence-corrected chi connectivity index (χ0v) is 37.6. The first-order valence-corrected chi connectivity index (χ1v) is 21.8. The number of allylic oxidation sites excluding steroid dienone is 1. The molecule has 1 N–H and O–H groups in total. The second kappa shape index (κ2) is 20.2. The lowest BCUT2D eigenvalue weighted by Crippen LogP contribution is -2.59. The molecule has 0 radical (unpaired) electrons. The molecule has 12 nitrogen and oxygen atoms in total. The number of esters is 1. The molecule has 0 unspecified atom stereocenters. The first kappa shape index (κ1) is 46.6. The van der Waals surface area contributed by atoms with Crippen LogP contribution >= 0.6 is 11.8 Å². The molecule has 1 fully saturated rings. The van der Waals surface area contributed by atoms with Crippen LogP contribution < -0.4 is 10.1 Å². The normalized spacial score (nSPS) is 30.2. The maximum Gasteiger partial charge on any atom is 0.329 e. The van der Waals surface area contributed by atoms with E-state index in [-0.39, 0.29) is 41.7 Å². The van der Waals surface area contributed by atoms with Crippen molar-refractivity contribution in [2.75, 3.05) is 33.5 Å². The van der Waals surface area contributed by atoms with E-state index in [0.29, 0.717) is 49.3 Å². The van der Waals surface area contributed by atoms with Gasteiger partial charge in [0.25, 0.3) is 0 Å². The Kier molecular flexibility index (Phi) is 16.2. The number of benzene rings is 1. The van der Waals surface area contributed by atoms with Gasteiger partial charge in [-0.05, 0) is 87.0 Å². The molecule has 58 heavy (non-hydrogen) atoms. The average Bonchev–Trinajstić information content (AvgIpc) is 3.88. The van der Waals surface area contributed by atoms with Crippen molar-refractivity contribution < 1.29 is 33.4 Å². The predicted octanol–water partition coefficient (Wildman–Crippen LogP) is 6.23. The molecule has 320 valence electrons. The Balaban J connectivity index is 1.74. The lowest BCUT2D eigenvalue weighted by Gasteiger charge is -2.39. The monoisotopic (exact) mass is 821 g/mol. The Morgan fingerprint density at radius 2 is 1.66 bits per heavy atom. The van der Waals surface area contributed by atoms with Crippen molar-refractivity contribution >= 4 is 46.4 Å². The first-order valence-electron chi connectivity index (χ1n) is 20.8. The van der Waals surface area contributed by atoms with Crippen LogP contribution in [0, 0.1) is 17.3 Å². The van der Waals surface area contributed by atoms with Gasteiger partial charge in [-0.3, -0.25) is 24.2 Å². The number of amides is 4. The molecule has 1 saturated heterocycles. The van der Waals surface area contributed by atoms with Crippen LogP contribution in [0.2, 0.25) is 0 Å². The minimum Gasteiger partial charge on any atom is -0.497 e. The lowest BCUT2D eigenvalue weighted by molar-refractivity contribution is -0.166. The van der Waals surface area contributed by atoms with Crippen molar-refractivity contribution in [3.8, 4) is 5.75 Å². The Bertz CT molecular complexity index is 1750. The van der Waals surface area contributed by atoms with Crippen LogP contribution in [-0.2, 0) is 35.1 Å². The van der Waals surface area contributed by atoms with Crippen molar-refractivity contribution in [3.63, 3.8) is 0 Å². The molecule has 4 rings (SSSR count). The molecule has 3 aliphatic heterocycles. The SMILES string of the molecule is CC[C@H](C)[C@H]1C(=O)N2CCC[C@H]2C(=O)O[C@H](C(C)(C)C)C[C@@H](C)C/C=C(/C)C2=N[C@@H](/C=C(\C)C(=O)N[C@@H](Cc3ccc(OC)cc3)C(=O)N(C)[C@@H](C)C(=O)N1C)CS2. The zero-order valence-electron chi connectivity index (χ0n) is 36.8. The number of methoxy groups -OCH3 is 1. The molecule has 1 aromatic rings. The third-order valence-electron chi connectivity index (χ3n) is 12.0. The third-order valence-corrected chi connectivity index (χ3v) is 13.2. The van der Waals surface area contributed by atoms with E-state index in [0.717, 1.165) is 22.6 Å². The van der Waals surface area contributed by atoms with E-state index in [1.54, 1.807) is 63.8 Å². The number of aliphatic imine (C=N–C) groups is 1. The van der Waals surface area contributed by atoms with Crippen LogP contribution in [0.5, 0.6) is 5.75 Å². The third kappa shape index (κ3) is 11.5. The fourth-order valence-corrected chi connectivity index (χ4v) is 8.76. The number of hydrogen-bond donors (Lipinski definition) is 1. The number of thioether (sulfide) groups is 1. The van der Waals surface area contributed by atoms with Crippen LogP contribution in [0.15, 0.2) is 52.6 Å². The van der Waals surface area contributed by atoms with Gasteiger partial charge >= 0.3 is 5.97 Å². The molecule has 3 aliphatic rings. The summed E-state index contributed by atoms with van der Waals surface area (Å²) in [6.07, 6.45) is 6.95. The molecular weight excluding hydrogens is 755 g/mol. The number of nitrogens with one attached hydrogen (secondary N) is 1. The van der Waals surface area contributed by atoms with E-state index in [1.165, 1.54) is 9.80 Å². The molecule has 0 spiro atoms. The number of ether oxygens (including phenoxy) is 2. The smallest absolute Gasteiger partial charge is 0.329 e. The number of rotatable bonds is 5. The van der Waals surface area contributed by atoms with Crippen LogP contribution in [0.1, 0.15) is 100.0 Å². The van der Waals surface area contributed by atoms with Gasteiger partial charge in [-0.25, -0.2) is 4.79 Å². The molecular formula is C45H67N5O7S. The highest BCUT2D eigenvalue weighted by Gasteiger charge is 2.44. The van der Waals surface area contributed by atoms with Crippen LogP contribution in [-0.4, -0.2) is 119 Å². The number of likely N-dealkylation sites (N-methyl/N-ethyl adjacent to an activating group) is 2. The summed E-state index contributed by atoms with van der Waals surface area (Å²) in [6.45, 7) is 18.0. The molecule has 0 aliphatic carbocycles. The van der Waals surface area contributed by atoms with Crippen molar-refractivity contribution in [2.24, 2.45) is 22.2 Å². The molecule has 13 heteroatoms. The number of carbonyl (C=O) groups is 5. The number of nitrogens with zero attached hydrogens (tertiary/aromatic N) is 4. The standard InChI is InChI=1S/C45H67N5O7S/c1-13-28(3)38-43(54)50-22-14-15-36(50)44(55)57-37(45(7,8)9)23-27(2)16-17-29(4)40-46-33(26-58-40)24-30(5)39(51)47-35(25-32-18-20-34(56-12)21-19-32)42(53)48(10)31(6)41(52)49(38)11/h17-21,24,27-28,31,33,35-38H,13-16,22-23,25-26H2,1-12H3,(H,47,51)/b29-17-,30-24+/t27-,28-,31-,33-,35-,36-,37-,38-/m0/s1. The van der Waals surface area contributed by atoms with Gasteiger partial charge in [-0.2, -0.15) is 0 Å². The average molecular weight is 822 g/mol. The summed E-state index contributed by atoms with van der Waals surface area (Å²) >= 11 is 1.65. The highest BCUT2D eigenvalue weighted by Crippen LogP contribution is 2.33. The fourth-order valence-electron chi connectivity index (χ4n) is 7.74. The van der Waals surface area contributed by atoms with Crippen molar-refractivity contribution in [1.29, 1.82) is 0 Å². The van der Waals surface area contributed by atoms with E-state index < -0.39 is 47.9 Å². The molecule has 3 heterocycles. The molecule has 1 aromatic carbocycles. The number of fused-ring (bicyclic) bond motifs is 2. The summed E-state index contributed by atoms with van der Waals surface area (Å²) < 4.78 is 11.6. The molecule has 4 amide bonds. The van der Waals surface area contributed by atoms with Crippen molar-refractivity contribution in [1.82, 2.24) is 20.0 Å². The lowest BCUT2D eigenvalue weighted by atomic mass is 9.83. The summed E-state index contributed by atoms with van der Waals surface area (Å²) in [6, 6.07) is 3.44. The van der Waals surface area contributed by atoms with Gasteiger partial charge in [-0.15, -0.1) is 11.8 Å². The largest absolute Gasteiger partial charge is 0.497 e. The van der Waals surface area contributed by atoms with Crippen molar-refractivity contribution in [2.45, 2.75) is 137 Å². The van der Waals surface area contributed by atoms with E-state index >= 15 is 0 Å². The van der Waals surface area contributed by atoms with Gasteiger partial charge in [0.05, 0.1) is 18.2 Å². The molecule has 8 atom stereocenters. The second-order valence-electron chi connectivity index (χ2n) is 17.6. The number of carbonyl (C=O) groups excluding carboxylic acids is 5. The number of hydrogen-bond acceptors (Lipinski definition) is 9. The van der Waals surface area contributed by atoms with E-state index in [4.69, 9.17) is 14.5 Å². The maximum atomic E-state index is 14.6. The minimum atomic E-state index is -1.01. The summed E-state index contributed by atoms with van der Waals surface area (Å²) in [7, 11) is 4.71. The quantitative estimate of drug-likeness (QED) is 0.346. The zero-order chi connectivity index (χ0) is 43.1. The maximum absolute atomic E-state index is 14.6. The minimum absolute atomic E-state index is 0.170. The van der Waals surface area contributed by atoms with Gasteiger partial charge in [0.1, 0.15) is 36.0 Å². The summed E-state index contributed by atoms with van der Waals surface area (Å²) in [5, 5.41) is 3.88. The predicted molar refractivity (Wildman–Crippen MR) is 231 cm³/mol. The number of cyclic esters (lactones) is 1. The Morgan fingerprint density at radius 3 is 2.28 bits per heavy atom. The van der Waals surface area contributed by atoms with Crippen molar-refractivity contribution in [3.05, 3.63) is 53.1 Å². The van der Waals surface area contributed by atoms with Gasteiger partial charge < -0.3 is 29.5 Å². The van der Waals surface area contributed by atoms with E-state index in [2.05, 4.69) is 39.1 Å². The van der Waals surface area contributed by atoms with E-state index in [1.807, 2.05) is 39.0 Å². The summed E-state index contributed by atoms with van der Waals surface area (Å²) in [4.78, 5) is 80.4. The Labute approximate surface area is 350 Å². The highest BCUT2D eigenvalue weighted by atomic mass is 32.2. The first-order chi connectivity index (χ1) is 27.3. The van der Waals surface area contributed by atoms with E-state index in [9.17, 15) is 24.0 Å². The Morgan fingerprint density at radius 1 is 0.983 bits per heavy atom. The van der Waals surface area contributed by atoms with Gasteiger partial charge in [-0.1, -0.05) is 72.2 Å². The van der Waals surface area contributed by atoms with Crippen LogP contribution in [0.4, 0.5) is 0 Å². The highest BCUT2D eigenvalue weighted by molar-refractivity contribution is 8.14. The van der Waals surface area contributed by atoms with Crippen LogP contribution in [0.25, 0.3) is 0 Å². The van der Waals surface area contributed by atoms with Gasteiger partial charge in [0, 0.05) is 38.4 Å². The second-order valence-corrected chi connectivity index (χ2v) is 18.6. The van der Waals surface area contributed by atoms with Gasteiger partial charge in [0.15, 0.2) is 0 Å². The molecule has 0 aromatic heterocycles. The molecule has 2 bridgehead atoms. The fraction of sp³-hybridized carbons (Fsp3) is 0.644. The summed E-state index contributed by atoms with van der Waals surface area (Å²) in [5.74, 6) is -0.708. The summed E-state index contributed by atoms with van der Waals surface area (Å²) in [5.41, 5.74) is 1.95. The molecule has 0 saturated carbocycles. The topological polar surface area (TPSA) is 138 Å².